The van der Waals surface area contributed by atoms with Gasteiger partial charge in [-0.1, -0.05) is 49.5 Å². The van der Waals surface area contributed by atoms with Crippen LogP contribution in [-0.2, 0) is 12.8 Å². The summed E-state index contributed by atoms with van der Waals surface area (Å²) >= 11 is 3.20. The molecule has 0 amide bonds. The molecule has 0 saturated heterocycles. The number of aryl methyl sites for hydroxylation is 2. The van der Waals surface area contributed by atoms with Crippen molar-refractivity contribution in [1.29, 1.82) is 0 Å². The second kappa shape index (κ2) is 10.1. The van der Waals surface area contributed by atoms with E-state index in [4.69, 9.17) is 0 Å². The van der Waals surface area contributed by atoms with Crippen molar-refractivity contribution >= 4 is 21.7 Å². The zero-order valence-electron chi connectivity index (χ0n) is 16.3. The Balaban J connectivity index is 2.48. The SMILES string of the molecule is CCCCCNc1nc(CC)c(-c2ccc(Br)cc2OC(F)(F)F)nc1CC. The molecule has 0 aliphatic rings. The second-order valence-corrected chi connectivity index (χ2v) is 7.26. The zero-order valence-corrected chi connectivity index (χ0v) is 17.9. The van der Waals surface area contributed by atoms with E-state index in [1.54, 1.807) is 12.1 Å². The highest BCUT2D eigenvalue weighted by atomic mass is 79.9. The van der Waals surface area contributed by atoms with E-state index >= 15 is 0 Å². The number of ether oxygens (including phenoxy) is 1. The number of benzene rings is 1. The van der Waals surface area contributed by atoms with Gasteiger partial charge in [0.25, 0.3) is 0 Å². The maximum atomic E-state index is 12.9. The summed E-state index contributed by atoms with van der Waals surface area (Å²) in [6.45, 7) is 6.79. The topological polar surface area (TPSA) is 47.0 Å². The Morgan fingerprint density at radius 1 is 1.04 bits per heavy atom. The standard InChI is InChI=1S/C20H25BrF3N3O/c1-4-7-8-11-25-19-16(6-3)26-18(15(5-2)27-19)14-10-9-13(21)12-17(14)28-20(22,23)24/h9-10,12H,4-8,11H2,1-3H3,(H,25,27). The van der Waals surface area contributed by atoms with Crippen molar-refractivity contribution < 1.29 is 17.9 Å². The minimum atomic E-state index is -4.79. The molecule has 28 heavy (non-hydrogen) atoms. The van der Waals surface area contributed by atoms with Crippen molar-refractivity contribution in [3.05, 3.63) is 34.1 Å². The molecule has 0 fully saturated rings. The molecule has 0 radical (unpaired) electrons. The maximum Gasteiger partial charge on any atom is 0.573 e. The molecule has 1 aromatic carbocycles. The van der Waals surface area contributed by atoms with Gasteiger partial charge in [-0.2, -0.15) is 0 Å². The van der Waals surface area contributed by atoms with Gasteiger partial charge in [-0.3, -0.25) is 0 Å². The monoisotopic (exact) mass is 459 g/mol. The van der Waals surface area contributed by atoms with Crippen LogP contribution in [0.4, 0.5) is 19.0 Å². The van der Waals surface area contributed by atoms with Crippen LogP contribution in [0.5, 0.6) is 5.75 Å². The molecule has 0 aliphatic heterocycles. The summed E-state index contributed by atoms with van der Waals surface area (Å²) in [5.74, 6) is 0.409. The fourth-order valence-electron chi connectivity index (χ4n) is 2.84. The highest BCUT2D eigenvalue weighted by Crippen LogP contribution is 2.37. The Morgan fingerprint density at radius 3 is 2.36 bits per heavy atom. The number of anilines is 1. The van der Waals surface area contributed by atoms with Gasteiger partial charge in [0, 0.05) is 16.6 Å². The quantitative estimate of drug-likeness (QED) is 0.432. The van der Waals surface area contributed by atoms with Crippen molar-refractivity contribution in [2.75, 3.05) is 11.9 Å². The van der Waals surface area contributed by atoms with Gasteiger partial charge < -0.3 is 10.1 Å². The van der Waals surface area contributed by atoms with E-state index in [0.29, 0.717) is 34.5 Å². The van der Waals surface area contributed by atoms with Gasteiger partial charge in [-0.05, 0) is 37.5 Å². The number of hydrogen-bond donors (Lipinski definition) is 1. The number of rotatable bonds is 9. The summed E-state index contributed by atoms with van der Waals surface area (Å²) < 4.78 is 43.4. The lowest BCUT2D eigenvalue weighted by molar-refractivity contribution is -0.274. The Bertz CT molecular complexity index is 797. The van der Waals surface area contributed by atoms with E-state index in [1.807, 2.05) is 13.8 Å². The average molecular weight is 460 g/mol. The molecule has 2 rings (SSSR count). The van der Waals surface area contributed by atoms with E-state index in [0.717, 1.165) is 31.5 Å². The summed E-state index contributed by atoms with van der Waals surface area (Å²) in [5, 5.41) is 3.32. The molecule has 0 bridgehead atoms. The molecule has 4 nitrogen and oxygen atoms in total. The van der Waals surface area contributed by atoms with Crippen molar-refractivity contribution in [3.63, 3.8) is 0 Å². The largest absolute Gasteiger partial charge is 0.573 e. The third-order valence-electron chi connectivity index (χ3n) is 4.21. The maximum absolute atomic E-state index is 12.9. The first-order valence-electron chi connectivity index (χ1n) is 9.48. The summed E-state index contributed by atoms with van der Waals surface area (Å²) in [4.78, 5) is 9.34. The minimum Gasteiger partial charge on any atom is -0.405 e. The van der Waals surface area contributed by atoms with Crippen LogP contribution in [0.3, 0.4) is 0 Å². The molecule has 1 aromatic heterocycles. The average Bonchev–Trinajstić information content (AvgIpc) is 2.63. The van der Waals surface area contributed by atoms with Gasteiger partial charge in [-0.15, -0.1) is 13.2 Å². The van der Waals surface area contributed by atoms with Crippen molar-refractivity contribution in [1.82, 2.24) is 9.97 Å². The minimum absolute atomic E-state index is 0.275. The Hall–Kier alpha value is -1.83. The number of alkyl halides is 3. The number of aromatic nitrogens is 2. The van der Waals surface area contributed by atoms with E-state index in [-0.39, 0.29) is 11.3 Å². The van der Waals surface area contributed by atoms with Crippen LogP contribution in [0, 0.1) is 0 Å². The van der Waals surface area contributed by atoms with Crippen LogP contribution in [0.2, 0.25) is 0 Å². The molecule has 0 spiro atoms. The molecule has 1 heterocycles. The molecule has 8 heteroatoms. The van der Waals surface area contributed by atoms with Gasteiger partial charge in [-0.25, -0.2) is 9.97 Å². The van der Waals surface area contributed by atoms with Gasteiger partial charge in [0.2, 0.25) is 0 Å². The van der Waals surface area contributed by atoms with Gasteiger partial charge in [0.1, 0.15) is 11.6 Å². The molecular weight excluding hydrogens is 435 g/mol. The fraction of sp³-hybridized carbons (Fsp3) is 0.500. The van der Waals surface area contributed by atoms with Crippen LogP contribution < -0.4 is 10.1 Å². The summed E-state index contributed by atoms with van der Waals surface area (Å²) in [7, 11) is 0. The van der Waals surface area contributed by atoms with Crippen LogP contribution in [-0.4, -0.2) is 22.9 Å². The summed E-state index contributed by atoms with van der Waals surface area (Å²) in [6, 6.07) is 4.54. The molecule has 154 valence electrons. The number of unbranched alkanes of at least 4 members (excludes halogenated alkanes) is 2. The zero-order chi connectivity index (χ0) is 20.7. The van der Waals surface area contributed by atoms with Crippen LogP contribution >= 0.6 is 15.9 Å². The van der Waals surface area contributed by atoms with Crippen molar-refractivity contribution in [3.8, 4) is 17.0 Å². The van der Waals surface area contributed by atoms with Crippen molar-refractivity contribution in [2.45, 2.75) is 59.2 Å². The fourth-order valence-corrected chi connectivity index (χ4v) is 3.18. The van der Waals surface area contributed by atoms with Gasteiger partial charge in [0.05, 0.1) is 17.1 Å². The second-order valence-electron chi connectivity index (χ2n) is 6.34. The lowest BCUT2D eigenvalue weighted by Gasteiger charge is -2.17. The molecule has 2 aromatic rings. The predicted octanol–water partition coefficient (Wildman–Crippen LogP) is 6.53. The van der Waals surface area contributed by atoms with Crippen LogP contribution in [0.25, 0.3) is 11.3 Å². The smallest absolute Gasteiger partial charge is 0.405 e. The number of nitrogens with zero attached hydrogens (tertiary/aromatic N) is 2. The molecule has 1 N–H and O–H groups in total. The first kappa shape index (κ1) is 22.5. The molecule has 0 unspecified atom stereocenters. The number of nitrogens with one attached hydrogen (secondary N) is 1. The van der Waals surface area contributed by atoms with Crippen LogP contribution in [0.15, 0.2) is 22.7 Å². The lowest BCUT2D eigenvalue weighted by atomic mass is 10.1. The molecular formula is C20H25BrF3N3O. The van der Waals surface area contributed by atoms with Gasteiger partial charge in [0.15, 0.2) is 0 Å². The number of halogens is 4. The lowest BCUT2D eigenvalue weighted by Crippen LogP contribution is -2.18. The van der Waals surface area contributed by atoms with E-state index in [2.05, 4.69) is 42.9 Å². The predicted molar refractivity (Wildman–Crippen MR) is 109 cm³/mol. The summed E-state index contributed by atoms with van der Waals surface area (Å²) in [6.07, 6.45) is -0.357. The van der Waals surface area contributed by atoms with E-state index in [9.17, 15) is 13.2 Å². The molecule has 0 aliphatic carbocycles. The van der Waals surface area contributed by atoms with Gasteiger partial charge >= 0.3 is 6.36 Å². The molecule has 0 atom stereocenters. The first-order valence-corrected chi connectivity index (χ1v) is 10.3. The highest BCUT2D eigenvalue weighted by molar-refractivity contribution is 9.10. The first-order chi connectivity index (χ1) is 13.3. The Kier molecular flexibility index (Phi) is 8.10. The highest BCUT2D eigenvalue weighted by Gasteiger charge is 2.33. The summed E-state index contributed by atoms with van der Waals surface area (Å²) in [5.41, 5.74) is 2.05. The molecule has 0 saturated carbocycles. The normalized spacial score (nSPS) is 11.5. The Morgan fingerprint density at radius 2 is 1.75 bits per heavy atom. The van der Waals surface area contributed by atoms with Crippen LogP contribution in [0.1, 0.15) is 51.4 Å². The van der Waals surface area contributed by atoms with E-state index in [1.165, 1.54) is 6.07 Å². The van der Waals surface area contributed by atoms with E-state index < -0.39 is 6.36 Å². The Labute approximate surface area is 172 Å². The number of hydrogen-bond acceptors (Lipinski definition) is 4. The third kappa shape index (κ3) is 6.09. The third-order valence-corrected chi connectivity index (χ3v) is 4.70. The van der Waals surface area contributed by atoms with Crippen molar-refractivity contribution in [2.24, 2.45) is 0 Å².